The minimum Gasteiger partial charge on any atom is -0.356 e. The molecular formula is C12H26N2O2. The summed E-state index contributed by atoms with van der Waals surface area (Å²) in [7, 11) is 3.36. The summed E-state index contributed by atoms with van der Waals surface area (Å²) < 4.78 is 10.5. The smallest absolute Gasteiger partial charge is 0.158 e. The van der Waals surface area contributed by atoms with Crippen LogP contribution in [0.3, 0.4) is 0 Å². The number of nitrogens with two attached hydrogens (primary N) is 1. The lowest BCUT2D eigenvalue weighted by atomic mass is 10.0. The molecule has 0 radical (unpaired) electrons. The Morgan fingerprint density at radius 2 is 1.69 bits per heavy atom. The van der Waals surface area contributed by atoms with E-state index >= 15 is 0 Å². The Balaban J connectivity index is 2.48. The van der Waals surface area contributed by atoms with E-state index in [0.717, 1.165) is 31.3 Å². The van der Waals surface area contributed by atoms with E-state index in [2.05, 4.69) is 18.7 Å². The summed E-state index contributed by atoms with van der Waals surface area (Å²) >= 11 is 0. The van der Waals surface area contributed by atoms with E-state index in [1.54, 1.807) is 14.2 Å². The van der Waals surface area contributed by atoms with Crippen molar-refractivity contribution < 1.29 is 9.47 Å². The van der Waals surface area contributed by atoms with E-state index in [9.17, 15) is 0 Å². The molecule has 1 aliphatic heterocycles. The average molecular weight is 230 g/mol. The Morgan fingerprint density at radius 1 is 1.19 bits per heavy atom. The van der Waals surface area contributed by atoms with Crippen LogP contribution in [0.4, 0.5) is 0 Å². The van der Waals surface area contributed by atoms with E-state index in [-0.39, 0.29) is 6.29 Å². The molecule has 1 saturated heterocycles. The highest BCUT2D eigenvalue weighted by Gasteiger charge is 2.31. The van der Waals surface area contributed by atoms with Crippen LogP contribution >= 0.6 is 0 Å². The molecule has 0 spiro atoms. The molecule has 0 saturated carbocycles. The monoisotopic (exact) mass is 230 g/mol. The number of ether oxygens (including phenoxy) is 2. The number of hydrogen-bond acceptors (Lipinski definition) is 4. The summed E-state index contributed by atoms with van der Waals surface area (Å²) in [5.41, 5.74) is 5.85. The van der Waals surface area contributed by atoms with Gasteiger partial charge in [-0.25, -0.2) is 0 Å². The maximum Gasteiger partial charge on any atom is 0.158 e. The van der Waals surface area contributed by atoms with Crippen molar-refractivity contribution in [2.45, 2.75) is 32.6 Å². The quantitative estimate of drug-likeness (QED) is 0.689. The lowest BCUT2D eigenvalue weighted by Gasteiger charge is -2.29. The second-order valence-electron chi connectivity index (χ2n) is 4.93. The van der Waals surface area contributed by atoms with E-state index in [1.165, 1.54) is 0 Å². The minimum atomic E-state index is -0.139. The van der Waals surface area contributed by atoms with Gasteiger partial charge in [0, 0.05) is 46.3 Å². The number of likely N-dealkylation sites (tertiary alicyclic amines) is 1. The molecule has 3 unspecified atom stereocenters. The largest absolute Gasteiger partial charge is 0.356 e. The summed E-state index contributed by atoms with van der Waals surface area (Å²) in [4.78, 5) is 2.47. The molecular weight excluding hydrogens is 204 g/mol. The fraction of sp³-hybridized carbons (Fsp3) is 1.00. The van der Waals surface area contributed by atoms with Gasteiger partial charge >= 0.3 is 0 Å². The van der Waals surface area contributed by atoms with Gasteiger partial charge in [0.25, 0.3) is 0 Å². The Hall–Kier alpha value is -0.160. The predicted molar refractivity (Wildman–Crippen MR) is 65.2 cm³/mol. The third kappa shape index (κ3) is 3.42. The topological polar surface area (TPSA) is 47.7 Å². The fourth-order valence-electron chi connectivity index (χ4n) is 2.38. The van der Waals surface area contributed by atoms with Crippen LogP contribution in [-0.2, 0) is 9.47 Å². The summed E-state index contributed by atoms with van der Waals surface area (Å²) in [5.74, 6) is 1.52. The third-order valence-corrected chi connectivity index (χ3v) is 3.80. The van der Waals surface area contributed by atoms with E-state index in [1.807, 2.05) is 0 Å². The molecule has 0 aromatic rings. The molecule has 3 atom stereocenters. The molecule has 0 bridgehead atoms. The van der Waals surface area contributed by atoms with Crippen LogP contribution in [0.5, 0.6) is 0 Å². The van der Waals surface area contributed by atoms with Gasteiger partial charge in [-0.05, 0) is 11.8 Å². The van der Waals surface area contributed by atoms with Crippen molar-refractivity contribution in [2.24, 2.45) is 17.6 Å². The zero-order valence-corrected chi connectivity index (χ0v) is 11.0. The first-order chi connectivity index (χ1) is 7.62. The van der Waals surface area contributed by atoms with Gasteiger partial charge in [0.05, 0.1) is 0 Å². The Bertz CT molecular complexity index is 187. The van der Waals surface area contributed by atoms with E-state index < -0.39 is 0 Å². The predicted octanol–water partition coefficient (Wildman–Crippen LogP) is 0.910. The number of methoxy groups -OCH3 is 2. The highest BCUT2D eigenvalue weighted by atomic mass is 16.7. The van der Waals surface area contributed by atoms with Crippen LogP contribution in [0.2, 0.25) is 0 Å². The average Bonchev–Trinajstić information content (AvgIpc) is 2.61. The number of nitrogens with zero attached hydrogens (tertiary/aromatic N) is 1. The number of rotatable bonds is 6. The molecule has 1 rings (SSSR count). The first kappa shape index (κ1) is 13.9. The summed E-state index contributed by atoms with van der Waals surface area (Å²) in [6.07, 6.45) is 0.711. The van der Waals surface area contributed by atoms with Gasteiger partial charge in [0.1, 0.15) is 0 Å². The molecule has 1 heterocycles. The lowest BCUT2D eigenvalue weighted by Crippen LogP contribution is -2.42. The van der Waals surface area contributed by atoms with Crippen molar-refractivity contribution in [1.29, 1.82) is 0 Å². The van der Waals surface area contributed by atoms with Crippen LogP contribution in [0, 0.1) is 11.8 Å². The standard InChI is InChI=1S/C12H26N2O2/c1-9-7-14(8-10(9)2)11(6-13)5-12(15-3)16-4/h9-12H,5-8,13H2,1-4H3. The van der Waals surface area contributed by atoms with Crippen LogP contribution < -0.4 is 5.73 Å². The molecule has 0 aromatic carbocycles. The number of hydrogen-bond donors (Lipinski definition) is 1. The normalized spacial score (nSPS) is 28.9. The van der Waals surface area contributed by atoms with Crippen LogP contribution in [-0.4, -0.2) is 51.1 Å². The molecule has 1 aliphatic rings. The second-order valence-corrected chi connectivity index (χ2v) is 4.93. The molecule has 4 heteroatoms. The van der Waals surface area contributed by atoms with Gasteiger partial charge in [-0.2, -0.15) is 0 Å². The molecule has 16 heavy (non-hydrogen) atoms. The van der Waals surface area contributed by atoms with E-state index in [4.69, 9.17) is 15.2 Å². The van der Waals surface area contributed by atoms with Crippen molar-refractivity contribution in [3.8, 4) is 0 Å². The Kier molecular flexibility index (Phi) is 5.69. The van der Waals surface area contributed by atoms with Crippen molar-refractivity contribution >= 4 is 0 Å². The second kappa shape index (κ2) is 6.55. The van der Waals surface area contributed by atoms with Crippen LogP contribution in [0.25, 0.3) is 0 Å². The highest BCUT2D eigenvalue weighted by molar-refractivity contribution is 4.84. The first-order valence-corrected chi connectivity index (χ1v) is 6.12. The SMILES string of the molecule is COC(CC(CN)N1CC(C)C(C)C1)OC. The zero-order valence-electron chi connectivity index (χ0n) is 11.0. The molecule has 0 amide bonds. The minimum absolute atomic E-state index is 0.139. The fourth-order valence-corrected chi connectivity index (χ4v) is 2.38. The molecule has 2 N–H and O–H groups in total. The van der Waals surface area contributed by atoms with Crippen LogP contribution in [0.15, 0.2) is 0 Å². The van der Waals surface area contributed by atoms with Gasteiger partial charge in [-0.3, -0.25) is 4.90 Å². The highest BCUT2D eigenvalue weighted by Crippen LogP contribution is 2.25. The molecule has 0 aromatic heterocycles. The van der Waals surface area contributed by atoms with Crippen molar-refractivity contribution in [3.63, 3.8) is 0 Å². The van der Waals surface area contributed by atoms with Crippen molar-refractivity contribution in [1.82, 2.24) is 4.90 Å². The van der Waals surface area contributed by atoms with Gasteiger partial charge in [-0.1, -0.05) is 13.8 Å². The molecule has 96 valence electrons. The molecule has 4 nitrogen and oxygen atoms in total. The molecule has 1 fully saturated rings. The van der Waals surface area contributed by atoms with Gasteiger partial charge < -0.3 is 15.2 Å². The van der Waals surface area contributed by atoms with E-state index in [0.29, 0.717) is 12.6 Å². The van der Waals surface area contributed by atoms with Gasteiger partial charge in [0.2, 0.25) is 0 Å². The van der Waals surface area contributed by atoms with Crippen LogP contribution in [0.1, 0.15) is 20.3 Å². The summed E-state index contributed by atoms with van der Waals surface area (Å²) in [6.45, 7) is 7.57. The Morgan fingerprint density at radius 3 is 2.06 bits per heavy atom. The maximum atomic E-state index is 5.85. The molecule has 0 aliphatic carbocycles. The lowest BCUT2D eigenvalue weighted by molar-refractivity contribution is -0.115. The van der Waals surface area contributed by atoms with Gasteiger partial charge in [-0.15, -0.1) is 0 Å². The third-order valence-electron chi connectivity index (χ3n) is 3.80. The zero-order chi connectivity index (χ0) is 12.1. The Labute approximate surface area is 99.1 Å². The van der Waals surface area contributed by atoms with Crippen molar-refractivity contribution in [3.05, 3.63) is 0 Å². The maximum absolute atomic E-state index is 5.85. The van der Waals surface area contributed by atoms with Crippen molar-refractivity contribution in [2.75, 3.05) is 33.9 Å². The van der Waals surface area contributed by atoms with Gasteiger partial charge in [0.15, 0.2) is 6.29 Å². The summed E-state index contributed by atoms with van der Waals surface area (Å²) in [6, 6.07) is 0.372. The summed E-state index contributed by atoms with van der Waals surface area (Å²) in [5, 5.41) is 0. The first-order valence-electron chi connectivity index (χ1n) is 6.12.